The van der Waals surface area contributed by atoms with Crippen LogP contribution in [0.1, 0.15) is 12.2 Å². The predicted molar refractivity (Wildman–Crippen MR) is 87.2 cm³/mol. The summed E-state index contributed by atoms with van der Waals surface area (Å²) in [6, 6.07) is 1.89. The Morgan fingerprint density at radius 3 is 2.59 bits per heavy atom. The first-order chi connectivity index (χ1) is 10.4. The first-order valence-electron chi connectivity index (χ1n) is 7.67. The maximum absolute atomic E-state index is 11.6. The fourth-order valence-electron chi connectivity index (χ4n) is 2.94. The molecule has 0 radical (unpaired) electrons. The number of hydrogen-bond acceptors (Lipinski definition) is 7. The first-order valence-corrected chi connectivity index (χ1v) is 9.49. The lowest BCUT2D eigenvalue weighted by Crippen LogP contribution is -2.44. The molecule has 0 amide bonds. The Bertz CT molecular complexity index is 641. The first kappa shape index (κ1) is 15.5. The molecule has 0 saturated carbocycles. The summed E-state index contributed by atoms with van der Waals surface area (Å²) in [6.45, 7) is 5.81. The van der Waals surface area contributed by atoms with Crippen molar-refractivity contribution in [3.8, 4) is 0 Å². The second-order valence-electron chi connectivity index (χ2n) is 6.19. The van der Waals surface area contributed by atoms with Gasteiger partial charge in [-0.2, -0.15) is 0 Å². The average molecular weight is 325 g/mol. The van der Waals surface area contributed by atoms with E-state index in [1.165, 1.54) is 0 Å². The van der Waals surface area contributed by atoms with Crippen LogP contribution in [-0.2, 0) is 9.84 Å². The van der Waals surface area contributed by atoms with Crippen LogP contribution in [-0.4, -0.2) is 74.1 Å². The van der Waals surface area contributed by atoms with Gasteiger partial charge in [0.1, 0.15) is 17.5 Å². The van der Waals surface area contributed by atoms with Gasteiger partial charge < -0.3 is 15.1 Å². The third-order valence-corrected chi connectivity index (χ3v) is 6.00. The van der Waals surface area contributed by atoms with Gasteiger partial charge in [-0.15, -0.1) is 0 Å². The number of anilines is 2. The lowest BCUT2D eigenvalue weighted by atomic mass is 10.2. The van der Waals surface area contributed by atoms with Crippen LogP contribution in [0.25, 0.3) is 0 Å². The van der Waals surface area contributed by atoms with E-state index in [-0.39, 0.29) is 17.5 Å². The molecule has 2 aliphatic heterocycles. The van der Waals surface area contributed by atoms with Crippen molar-refractivity contribution >= 4 is 21.5 Å². The van der Waals surface area contributed by atoms with E-state index < -0.39 is 9.84 Å². The fraction of sp³-hybridized carbons (Fsp3) is 0.714. The molecule has 7 nitrogen and oxygen atoms in total. The smallest absolute Gasteiger partial charge is 0.152 e. The molecule has 2 fully saturated rings. The molecule has 0 aliphatic carbocycles. The highest BCUT2D eigenvalue weighted by Crippen LogP contribution is 2.21. The zero-order chi connectivity index (χ0) is 15.7. The minimum Gasteiger partial charge on any atom is -0.366 e. The molecule has 1 unspecified atom stereocenters. The number of sulfone groups is 1. The minimum atomic E-state index is -2.88. The Morgan fingerprint density at radius 1 is 1.23 bits per heavy atom. The summed E-state index contributed by atoms with van der Waals surface area (Å²) in [5, 5.41) is 3.26. The van der Waals surface area contributed by atoms with E-state index in [4.69, 9.17) is 0 Å². The summed E-state index contributed by atoms with van der Waals surface area (Å²) in [5.41, 5.74) is 0. The monoisotopic (exact) mass is 325 g/mol. The Hall–Kier alpha value is -1.41. The van der Waals surface area contributed by atoms with Crippen LogP contribution >= 0.6 is 0 Å². The number of hydrogen-bond donors (Lipinski definition) is 1. The average Bonchev–Trinajstić information content (AvgIpc) is 2.78. The molecular weight excluding hydrogens is 302 g/mol. The quantitative estimate of drug-likeness (QED) is 0.846. The fourth-order valence-corrected chi connectivity index (χ4v) is 4.61. The summed E-state index contributed by atoms with van der Waals surface area (Å²) in [7, 11) is -0.763. The van der Waals surface area contributed by atoms with Gasteiger partial charge in [0.05, 0.1) is 11.5 Å². The SMILES string of the molecule is Cc1nc(NC2CCS(=O)(=O)C2)cc(N2CCN(C)CC2)n1. The summed E-state index contributed by atoms with van der Waals surface area (Å²) in [4.78, 5) is 13.5. The molecule has 1 aromatic rings. The Labute approximate surface area is 131 Å². The normalized spacial score (nSPS) is 25.4. The highest BCUT2D eigenvalue weighted by atomic mass is 32.2. The van der Waals surface area contributed by atoms with Gasteiger partial charge in [-0.25, -0.2) is 18.4 Å². The molecule has 1 N–H and O–H groups in total. The van der Waals surface area contributed by atoms with Crippen LogP contribution in [0.15, 0.2) is 6.07 Å². The molecule has 8 heteroatoms. The molecule has 0 aromatic carbocycles. The van der Waals surface area contributed by atoms with E-state index in [1.807, 2.05) is 13.0 Å². The number of aromatic nitrogens is 2. The number of piperazine rings is 1. The molecule has 1 atom stereocenters. The third-order valence-electron chi connectivity index (χ3n) is 4.24. The molecule has 0 bridgehead atoms. The second-order valence-corrected chi connectivity index (χ2v) is 8.42. The predicted octanol–water partition coefficient (Wildman–Crippen LogP) is 0.136. The zero-order valence-electron chi connectivity index (χ0n) is 13.1. The summed E-state index contributed by atoms with van der Waals surface area (Å²) < 4.78 is 23.1. The van der Waals surface area contributed by atoms with Crippen molar-refractivity contribution in [2.24, 2.45) is 0 Å². The Balaban J connectivity index is 1.73. The van der Waals surface area contributed by atoms with Gasteiger partial charge in [0.25, 0.3) is 0 Å². The lowest BCUT2D eigenvalue weighted by Gasteiger charge is -2.33. The topological polar surface area (TPSA) is 78.4 Å². The van der Waals surface area contributed by atoms with Crippen molar-refractivity contribution in [2.45, 2.75) is 19.4 Å². The van der Waals surface area contributed by atoms with E-state index in [0.717, 1.165) is 37.8 Å². The van der Waals surface area contributed by atoms with Crippen LogP contribution in [0.4, 0.5) is 11.6 Å². The van der Waals surface area contributed by atoms with Crippen molar-refractivity contribution in [1.29, 1.82) is 0 Å². The van der Waals surface area contributed by atoms with Crippen molar-refractivity contribution in [1.82, 2.24) is 14.9 Å². The Kier molecular flexibility index (Phi) is 4.22. The van der Waals surface area contributed by atoms with Crippen LogP contribution in [0, 0.1) is 6.92 Å². The molecule has 22 heavy (non-hydrogen) atoms. The van der Waals surface area contributed by atoms with Crippen molar-refractivity contribution < 1.29 is 8.42 Å². The highest BCUT2D eigenvalue weighted by Gasteiger charge is 2.28. The lowest BCUT2D eigenvalue weighted by molar-refractivity contribution is 0.312. The van der Waals surface area contributed by atoms with Crippen LogP contribution in [0.2, 0.25) is 0 Å². The number of rotatable bonds is 3. The van der Waals surface area contributed by atoms with Crippen molar-refractivity contribution in [3.63, 3.8) is 0 Å². The third kappa shape index (κ3) is 3.67. The van der Waals surface area contributed by atoms with Gasteiger partial charge in [0.15, 0.2) is 9.84 Å². The van der Waals surface area contributed by atoms with Gasteiger partial charge in [-0.05, 0) is 20.4 Å². The number of likely N-dealkylation sites (N-methyl/N-ethyl adjacent to an activating group) is 1. The van der Waals surface area contributed by atoms with Gasteiger partial charge in [-0.3, -0.25) is 0 Å². The molecule has 2 aliphatic rings. The summed E-state index contributed by atoms with van der Waals surface area (Å²) >= 11 is 0. The van der Waals surface area contributed by atoms with E-state index in [2.05, 4.69) is 32.1 Å². The highest BCUT2D eigenvalue weighted by molar-refractivity contribution is 7.91. The molecule has 0 spiro atoms. The van der Waals surface area contributed by atoms with Crippen molar-refractivity contribution in [3.05, 3.63) is 11.9 Å². The number of nitrogens with zero attached hydrogens (tertiary/aromatic N) is 4. The molecule has 3 rings (SSSR count). The molecular formula is C14H23N5O2S. The largest absolute Gasteiger partial charge is 0.366 e. The Morgan fingerprint density at radius 2 is 1.95 bits per heavy atom. The van der Waals surface area contributed by atoms with Crippen molar-refractivity contribution in [2.75, 3.05) is 54.9 Å². The maximum Gasteiger partial charge on any atom is 0.152 e. The van der Waals surface area contributed by atoms with Crippen LogP contribution in [0.5, 0.6) is 0 Å². The van der Waals surface area contributed by atoms with E-state index in [9.17, 15) is 8.42 Å². The molecule has 122 valence electrons. The maximum atomic E-state index is 11.6. The standard InChI is InChI=1S/C14H23N5O2S/c1-11-15-13(17-12-3-8-22(20,21)10-12)9-14(16-11)19-6-4-18(2)5-7-19/h9,12H,3-8,10H2,1-2H3,(H,15,16,17). The van der Waals surface area contributed by atoms with Gasteiger partial charge in [0.2, 0.25) is 0 Å². The summed E-state index contributed by atoms with van der Waals surface area (Å²) in [5.74, 6) is 2.81. The van der Waals surface area contributed by atoms with Gasteiger partial charge in [0, 0.05) is 38.3 Å². The second kappa shape index (κ2) is 6.00. The van der Waals surface area contributed by atoms with Crippen LogP contribution < -0.4 is 10.2 Å². The number of aryl methyl sites for hydroxylation is 1. The molecule has 2 saturated heterocycles. The molecule has 1 aromatic heterocycles. The van der Waals surface area contributed by atoms with E-state index in [0.29, 0.717) is 12.2 Å². The number of nitrogens with one attached hydrogen (secondary N) is 1. The summed E-state index contributed by atoms with van der Waals surface area (Å²) in [6.07, 6.45) is 0.648. The van der Waals surface area contributed by atoms with Crippen LogP contribution in [0.3, 0.4) is 0 Å². The van der Waals surface area contributed by atoms with Gasteiger partial charge >= 0.3 is 0 Å². The minimum absolute atomic E-state index is 0.0420. The van der Waals surface area contributed by atoms with E-state index in [1.54, 1.807) is 0 Å². The molecule has 3 heterocycles. The van der Waals surface area contributed by atoms with Gasteiger partial charge in [-0.1, -0.05) is 0 Å². The van der Waals surface area contributed by atoms with E-state index >= 15 is 0 Å². The zero-order valence-corrected chi connectivity index (χ0v) is 13.9.